The van der Waals surface area contributed by atoms with Gasteiger partial charge in [-0.15, -0.1) is 0 Å². The Morgan fingerprint density at radius 2 is 1.95 bits per heavy atom. The van der Waals surface area contributed by atoms with Gasteiger partial charge in [0, 0.05) is 23.3 Å². The molecule has 1 unspecified atom stereocenters. The summed E-state index contributed by atoms with van der Waals surface area (Å²) < 4.78 is 18.8. The summed E-state index contributed by atoms with van der Waals surface area (Å²) in [5, 5.41) is 13.7. The smallest absolute Gasteiger partial charge is 0.167 e. The van der Waals surface area contributed by atoms with Crippen molar-refractivity contribution in [1.82, 2.24) is 0 Å². The fourth-order valence-corrected chi connectivity index (χ4v) is 2.03. The second kappa shape index (κ2) is 7.29. The lowest BCUT2D eigenvalue weighted by molar-refractivity contribution is 0.191. The van der Waals surface area contributed by atoms with E-state index in [1.165, 1.54) is 6.07 Å². The van der Waals surface area contributed by atoms with Gasteiger partial charge in [-0.1, -0.05) is 23.7 Å². The Hall–Kier alpha value is -1.78. The van der Waals surface area contributed by atoms with E-state index in [-0.39, 0.29) is 12.3 Å². The summed E-state index contributed by atoms with van der Waals surface area (Å²) in [4.78, 5) is 0. The number of hydrogen-bond acceptors (Lipinski definition) is 3. The van der Waals surface area contributed by atoms with Gasteiger partial charge in [-0.05, 0) is 36.8 Å². The van der Waals surface area contributed by atoms with E-state index in [0.29, 0.717) is 17.3 Å². The number of benzene rings is 2. The van der Waals surface area contributed by atoms with Gasteiger partial charge in [0.05, 0.1) is 12.7 Å². The van der Waals surface area contributed by atoms with Gasteiger partial charge in [-0.2, -0.15) is 0 Å². The lowest BCUT2D eigenvalue weighted by Gasteiger charge is -2.14. The molecule has 21 heavy (non-hydrogen) atoms. The number of nitrogens with one attached hydrogen (secondary N) is 1. The summed E-state index contributed by atoms with van der Waals surface area (Å²) in [5.74, 6) is -0.205. The zero-order valence-electron chi connectivity index (χ0n) is 11.6. The molecule has 0 heterocycles. The Morgan fingerprint density at radius 1 is 1.24 bits per heavy atom. The molecule has 0 aliphatic carbocycles. The molecule has 2 rings (SSSR count). The monoisotopic (exact) mass is 309 g/mol. The summed E-state index contributed by atoms with van der Waals surface area (Å²) in [6.07, 6.45) is -0.697. The van der Waals surface area contributed by atoms with Crippen LogP contribution in [0.1, 0.15) is 18.6 Å². The Balaban J connectivity index is 1.96. The molecular formula is C16H17ClFNO2. The standard InChI is InChI=1S/C16H17ClFNO2/c1-2-21-16-8-7-13(9-14(16)18)19-10-15(20)11-3-5-12(17)6-4-11/h3-9,15,19-20H,2,10H2,1H3. The van der Waals surface area contributed by atoms with Crippen molar-refractivity contribution in [1.29, 1.82) is 0 Å². The van der Waals surface area contributed by atoms with Crippen molar-refractivity contribution in [3.8, 4) is 5.75 Å². The molecule has 2 N–H and O–H groups in total. The second-order valence-electron chi connectivity index (χ2n) is 4.53. The summed E-state index contributed by atoms with van der Waals surface area (Å²) in [5.41, 5.74) is 1.34. The average molecular weight is 310 g/mol. The number of aliphatic hydroxyl groups is 1. The van der Waals surface area contributed by atoms with E-state index in [9.17, 15) is 9.50 Å². The number of ether oxygens (including phenoxy) is 1. The maximum absolute atomic E-state index is 13.7. The fourth-order valence-electron chi connectivity index (χ4n) is 1.90. The van der Waals surface area contributed by atoms with Gasteiger partial charge in [0.15, 0.2) is 11.6 Å². The molecule has 0 fully saturated rings. The first-order chi connectivity index (χ1) is 10.1. The van der Waals surface area contributed by atoms with Crippen LogP contribution in [-0.4, -0.2) is 18.3 Å². The third-order valence-electron chi connectivity index (χ3n) is 2.99. The summed E-state index contributed by atoms with van der Waals surface area (Å²) in [6.45, 7) is 2.49. The van der Waals surface area contributed by atoms with Crippen molar-refractivity contribution in [3.05, 3.63) is 58.9 Å². The molecule has 0 spiro atoms. The number of halogens is 2. The first-order valence-electron chi connectivity index (χ1n) is 6.70. The van der Waals surface area contributed by atoms with E-state index >= 15 is 0 Å². The largest absolute Gasteiger partial charge is 0.491 e. The zero-order valence-corrected chi connectivity index (χ0v) is 12.4. The lowest BCUT2D eigenvalue weighted by atomic mass is 10.1. The van der Waals surface area contributed by atoms with Crippen LogP contribution in [0.15, 0.2) is 42.5 Å². The molecule has 0 amide bonds. The second-order valence-corrected chi connectivity index (χ2v) is 4.96. The molecule has 1 atom stereocenters. The van der Waals surface area contributed by atoms with Gasteiger partial charge in [0.2, 0.25) is 0 Å². The highest BCUT2D eigenvalue weighted by atomic mass is 35.5. The molecule has 5 heteroatoms. The maximum Gasteiger partial charge on any atom is 0.167 e. The number of anilines is 1. The van der Waals surface area contributed by atoms with Crippen LogP contribution in [0, 0.1) is 5.82 Å². The third kappa shape index (κ3) is 4.34. The lowest BCUT2D eigenvalue weighted by Crippen LogP contribution is -2.12. The first kappa shape index (κ1) is 15.6. The highest BCUT2D eigenvalue weighted by molar-refractivity contribution is 6.30. The minimum Gasteiger partial charge on any atom is -0.491 e. The summed E-state index contributed by atoms with van der Waals surface area (Å²) in [7, 11) is 0. The minimum absolute atomic E-state index is 0.223. The molecule has 2 aromatic rings. The van der Waals surface area contributed by atoms with Crippen LogP contribution in [-0.2, 0) is 0 Å². The molecule has 2 aromatic carbocycles. The molecule has 112 valence electrons. The molecule has 0 radical (unpaired) electrons. The Bertz CT molecular complexity index is 589. The van der Waals surface area contributed by atoms with Crippen molar-refractivity contribution < 1.29 is 14.2 Å². The molecule has 0 aromatic heterocycles. The summed E-state index contributed by atoms with van der Waals surface area (Å²) >= 11 is 5.80. The predicted molar refractivity (Wildman–Crippen MR) is 82.5 cm³/mol. The number of rotatable bonds is 6. The molecule has 0 aliphatic rings. The van der Waals surface area contributed by atoms with E-state index in [1.807, 2.05) is 0 Å². The van der Waals surface area contributed by atoms with E-state index in [4.69, 9.17) is 16.3 Å². The van der Waals surface area contributed by atoms with Gasteiger partial charge in [0.25, 0.3) is 0 Å². The van der Waals surface area contributed by atoms with Gasteiger partial charge >= 0.3 is 0 Å². The van der Waals surface area contributed by atoms with Gasteiger partial charge in [0.1, 0.15) is 0 Å². The number of hydrogen-bond donors (Lipinski definition) is 2. The molecule has 0 aliphatic heterocycles. The Labute approximate surface area is 128 Å². The van der Waals surface area contributed by atoms with Gasteiger partial charge in [-0.3, -0.25) is 0 Å². The molecule has 3 nitrogen and oxygen atoms in total. The molecule has 0 saturated carbocycles. The number of aliphatic hydroxyl groups excluding tert-OH is 1. The minimum atomic E-state index is -0.697. The molecule has 0 bridgehead atoms. The highest BCUT2D eigenvalue weighted by Gasteiger charge is 2.08. The molecular weight excluding hydrogens is 293 g/mol. The zero-order chi connectivity index (χ0) is 15.2. The van der Waals surface area contributed by atoms with Crippen LogP contribution < -0.4 is 10.1 Å². The maximum atomic E-state index is 13.7. The van der Waals surface area contributed by atoms with Crippen molar-refractivity contribution in [2.75, 3.05) is 18.5 Å². The van der Waals surface area contributed by atoms with Crippen molar-refractivity contribution in [3.63, 3.8) is 0 Å². The predicted octanol–water partition coefficient (Wildman–Crippen LogP) is 4.02. The van der Waals surface area contributed by atoms with Crippen LogP contribution in [0.25, 0.3) is 0 Å². The SMILES string of the molecule is CCOc1ccc(NCC(O)c2ccc(Cl)cc2)cc1F. The normalized spacial score (nSPS) is 12.0. The Kier molecular flexibility index (Phi) is 5.42. The van der Waals surface area contributed by atoms with E-state index in [0.717, 1.165) is 5.56 Å². The van der Waals surface area contributed by atoms with Crippen molar-refractivity contribution in [2.45, 2.75) is 13.0 Å². The van der Waals surface area contributed by atoms with E-state index < -0.39 is 11.9 Å². The highest BCUT2D eigenvalue weighted by Crippen LogP contribution is 2.22. The Morgan fingerprint density at radius 3 is 2.57 bits per heavy atom. The topological polar surface area (TPSA) is 41.5 Å². The fraction of sp³-hybridized carbons (Fsp3) is 0.250. The molecule has 0 saturated heterocycles. The van der Waals surface area contributed by atoms with Crippen molar-refractivity contribution >= 4 is 17.3 Å². The van der Waals surface area contributed by atoms with Crippen molar-refractivity contribution in [2.24, 2.45) is 0 Å². The van der Waals surface area contributed by atoms with Crippen LogP contribution >= 0.6 is 11.6 Å². The van der Waals surface area contributed by atoms with Crippen LogP contribution in [0.5, 0.6) is 5.75 Å². The van der Waals surface area contributed by atoms with Gasteiger partial charge < -0.3 is 15.2 Å². The van der Waals surface area contributed by atoms with Crippen LogP contribution in [0.4, 0.5) is 10.1 Å². The third-order valence-corrected chi connectivity index (χ3v) is 3.24. The summed E-state index contributed by atoms with van der Waals surface area (Å²) in [6, 6.07) is 11.6. The quantitative estimate of drug-likeness (QED) is 0.846. The van der Waals surface area contributed by atoms with Crippen LogP contribution in [0.2, 0.25) is 5.02 Å². The first-order valence-corrected chi connectivity index (χ1v) is 7.07. The average Bonchev–Trinajstić information content (AvgIpc) is 2.48. The van der Waals surface area contributed by atoms with Crippen LogP contribution in [0.3, 0.4) is 0 Å². The van der Waals surface area contributed by atoms with E-state index in [1.54, 1.807) is 43.3 Å². The van der Waals surface area contributed by atoms with Gasteiger partial charge in [-0.25, -0.2) is 4.39 Å². The van der Waals surface area contributed by atoms with E-state index in [2.05, 4.69) is 5.32 Å².